The first-order valence-corrected chi connectivity index (χ1v) is 28.7. The molecule has 5 nitrogen and oxygen atoms in total. The number of rotatable bonds is 51. The van der Waals surface area contributed by atoms with Crippen LogP contribution in [0.1, 0.15) is 245 Å². The van der Waals surface area contributed by atoms with Crippen LogP contribution in [0.25, 0.3) is 0 Å². The summed E-state index contributed by atoms with van der Waals surface area (Å²) in [6.07, 6.45) is 88.5. The van der Waals surface area contributed by atoms with Crippen molar-refractivity contribution < 1.29 is 24.2 Å². The van der Waals surface area contributed by atoms with Gasteiger partial charge in [-0.25, -0.2) is 0 Å². The van der Waals surface area contributed by atoms with Crippen LogP contribution in [0.4, 0.5) is 0 Å². The molecule has 1 atom stereocenters. The molecule has 0 aromatic heterocycles. The lowest BCUT2D eigenvalue weighted by molar-refractivity contribution is -0.161. The summed E-state index contributed by atoms with van der Waals surface area (Å²) in [6.45, 7) is 4.01. The van der Waals surface area contributed by atoms with Crippen molar-refractivity contribution >= 4 is 11.9 Å². The van der Waals surface area contributed by atoms with Gasteiger partial charge < -0.3 is 14.6 Å². The van der Waals surface area contributed by atoms with E-state index in [1.807, 2.05) is 0 Å². The number of carbonyl (C=O) groups excluding carboxylic acids is 2. The molecule has 0 amide bonds. The van der Waals surface area contributed by atoms with Crippen molar-refractivity contribution in [2.75, 3.05) is 13.2 Å². The lowest BCUT2D eigenvalue weighted by Gasteiger charge is -2.15. The van der Waals surface area contributed by atoms with Crippen molar-refractivity contribution in [2.24, 2.45) is 0 Å². The average Bonchev–Trinajstić information content (AvgIpc) is 3.36. The number of allylic oxidation sites excluding steroid dienone is 22. The molecule has 0 bridgehead atoms. The first-order chi connectivity index (χ1) is 34.6. The molecule has 70 heavy (non-hydrogen) atoms. The van der Waals surface area contributed by atoms with Crippen LogP contribution in [0.3, 0.4) is 0 Å². The number of carbonyl (C=O) groups is 2. The van der Waals surface area contributed by atoms with Crippen LogP contribution in [0.5, 0.6) is 0 Å². The monoisotopic (exact) mass is 967 g/mol. The van der Waals surface area contributed by atoms with Gasteiger partial charge in [-0.1, -0.05) is 250 Å². The Hall–Kier alpha value is -3.96. The Morgan fingerprint density at radius 2 is 0.614 bits per heavy atom. The second-order valence-electron chi connectivity index (χ2n) is 18.6. The summed E-state index contributed by atoms with van der Waals surface area (Å²) in [5, 5.41) is 9.64. The van der Waals surface area contributed by atoms with Gasteiger partial charge in [0.1, 0.15) is 6.61 Å². The van der Waals surface area contributed by atoms with E-state index in [4.69, 9.17) is 9.47 Å². The van der Waals surface area contributed by atoms with Gasteiger partial charge in [0.15, 0.2) is 6.10 Å². The smallest absolute Gasteiger partial charge is 0.306 e. The number of aliphatic hydroxyl groups excluding tert-OH is 1. The molecule has 0 saturated heterocycles. The van der Waals surface area contributed by atoms with Gasteiger partial charge >= 0.3 is 11.9 Å². The third-order valence-corrected chi connectivity index (χ3v) is 11.9. The number of unbranched alkanes of at least 4 members (excludes halogenated alkanes) is 21. The van der Waals surface area contributed by atoms with Crippen molar-refractivity contribution in [3.05, 3.63) is 134 Å². The van der Waals surface area contributed by atoms with Crippen LogP contribution in [-0.4, -0.2) is 36.4 Å². The molecule has 0 saturated carbocycles. The van der Waals surface area contributed by atoms with E-state index in [0.717, 1.165) is 109 Å². The van der Waals surface area contributed by atoms with Crippen molar-refractivity contribution in [3.63, 3.8) is 0 Å². The normalized spacial score (nSPS) is 13.2. The minimum Gasteiger partial charge on any atom is -0.462 e. The minimum absolute atomic E-state index is 0.0775. The molecule has 0 rings (SSSR count). The summed E-state index contributed by atoms with van der Waals surface area (Å²) in [5.74, 6) is -0.610. The predicted octanol–water partition coefficient (Wildman–Crippen LogP) is 19.6. The standard InChI is InChI=1S/C65H106O5/c1-3-5-7-9-11-13-15-17-19-21-22-23-24-25-26-27-28-29-30-31-32-33-34-35-36-37-38-39-40-41-42-44-46-48-50-52-54-56-58-60-65(68)70-63(61-66)62-69-64(67)59-57-55-53-51-49-47-45-43-20-18-16-14-12-10-8-6-4-2/h5,7,11,13,17-20,22-23,25-26,28-29,31-32,34-35,37-38,40-41,63,66H,3-4,6,8-10,12,14-16,21,24,27,30,33,36,39,42-62H2,1-2H3/b7-5-,13-11-,19-17-,20-18-,23-22-,26-25-,29-28-,32-31-,35-34-,38-37-,41-40-. The molecule has 0 aliphatic heterocycles. The summed E-state index contributed by atoms with van der Waals surface area (Å²) in [6, 6.07) is 0. The molecule has 0 radical (unpaired) electrons. The summed E-state index contributed by atoms with van der Waals surface area (Å²) in [7, 11) is 0. The fourth-order valence-electron chi connectivity index (χ4n) is 7.64. The zero-order chi connectivity index (χ0) is 50.6. The van der Waals surface area contributed by atoms with E-state index >= 15 is 0 Å². The molecule has 0 spiro atoms. The highest BCUT2D eigenvalue weighted by molar-refractivity contribution is 5.70. The summed E-state index contributed by atoms with van der Waals surface area (Å²) in [4.78, 5) is 24.5. The van der Waals surface area contributed by atoms with Crippen molar-refractivity contribution in [1.29, 1.82) is 0 Å². The number of hydrogen-bond donors (Lipinski definition) is 1. The third-order valence-electron chi connectivity index (χ3n) is 11.9. The van der Waals surface area contributed by atoms with Gasteiger partial charge in [0, 0.05) is 12.8 Å². The molecule has 0 aromatic carbocycles. The first-order valence-electron chi connectivity index (χ1n) is 28.7. The lowest BCUT2D eigenvalue weighted by Crippen LogP contribution is -2.28. The maximum absolute atomic E-state index is 12.3. The van der Waals surface area contributed by atoms with Crippen LogP contribution in [-0.2, 0) is 19.1 Å². The lowest BCUT2D eigenvalue weighted by atomic mass is 10.1. The molecule has 0 aliphatic carbocycles. The van der Waals surface area contributed by atoms with Crippen LogP contribution >= 0.6 is 0 Å². The van der Waals surface area contributed by atoms with Gasteiger partial charge in [-0.05, 0) is 116 Å². The summed E-state index contributed by atoms with van der Waals surface area (Å²) in [5.41, 5.74) is 0. The Balaban J connectivity index is 3.61. The molecule has 0 aliphatic rings. The first kappa shape index (κ1) is 66.0. The zero-order valence-electron chi connectivity index (χ0n) is 45.2. The van der Waals surface area contributed by atoms with Crippen LogP contribution < -0.4 is 0 Å². The van der Waals surface area contributed by atoms with Crippen LogP contribution in [0, 0.1) is 0 Å². The molecular formula is C65H106O5. The van der Waals surface area contributed by atoms with E-state index in [9.17, 15) is 14.7 Å². The fraction of sp³-hybridized carbons (Fsp3) is 0.631. The number of aliphatic hydroxyl groups is 1. The van der Waals surface area contributed by atoms with Crippen molar-refractivity contribution in [2.45, 2.75) is 251 Å². The molecule has 0 aromatic rings. The third kappa shape index (κ3) is 56.6. The zero-order valence-corrected chi connectivity index (χ0v) is 45.2. The van der Waals surface area contributed by atoms with Crippen LogP contribution in [0.2, 0.25) is 0 Å². The van der Waals surface area contributed by atoms with Gasteiger partial charge in [-0.3, -0.25) is 9.59 Å². The summed E-state index contributed by atoms with van der Waals surface area (Å²) < 4.78 is 10.7. The van der Waals surface area contributed by atoms with Gasteiger partial charge in [-0.2, -0.15) is 0 Å². The minimum atomic E-state index is -0.787. The molecule has 5 heteroatoms. The quantitative estimate of drug-likeness (QED) is 0.0374. The molecule has 1 unspecified atom stereocenters. The van der Waals surface area contributed by atoms with Gasteiger partial charge in [-0.15, -0.1) is 0 Å². The second-order valence-corrected chi connectivity index (χ2v) is 18.6. The fourth-order valence-corrected chi connectivity index (χ4v) is 7.64. The Kier molecular flexibility index (Phi) is 56.0. The van der Waals surface area contributed by atoms with Gasteiger partial charge in [0.25, 0.3) is 0 Å². The Labute approximate surface area is 432 Å². The molecular weight excluding hydrogens is 861 g/mol. The topological polar surface area (TPSA) is 72.8 Å². The molecule has 0 heterocycles. The number of ether oxygens (including phenoxy) is 2. The highest BCUT2D eigenvalue weighted by Crippen LogP contribution is 2.14. The van der Waals surface area contributed by atoms with E-state index < -0.39 is 6.10 Å². The van der Waals surface area contributed by atoms with E-state index in [2.05, 4.69) is 148 Å². The average molecular weight is 968 g/mol. The number of esters is 2. The largest absolute Gasteiger partial charge is 0.462 e. The molecule has 0 fully saturated rings. The molecule has 396 valence electrons. The second kappa shape index (κ2) is 59.3. The maximum Gasteiger partial charge on any atom is 0.306 e. The van der Waals surface area contributed by atoms with E-state index in [1.165, 1.54) is 109 Å². The Morgan fingerprint density at radius 1 is 0.343 bits per heavy atom. The van der Waals surface area contributed by atoms with E-state index in [1.54, 1.807) is 0 Å². The predicted molar refractivity (Wildman–Crippen MR) is 306 cm³/mol. The SMILES string of the molecule is CC/C=C\C/C=C\C/C=C\C/C=C\C/C=C\C/C=C\C/C=C\C/C=C\C/C=C\C/C=C\CCCCCCCCCCC(=O)OC(CO)COC(=O)CCCCCCCCC/C=C\CCCCCCCC. The highest BCUT2D eigenvalue weighted by atomic mass is 16.6. The van der Waals surface area contributed by atoms with Gasteiger partial charge in [0.2, 0.25) is 0 Å². The highest BCUT2D eigenvalue weighted by Gasteiger charge is 2.16. The van der Waals surface area contributed by atoms with Crippen molar-refractivity contribution in [1.82, 2.24) is 0 Å². The maximum atomic E-state index is 12.3. The number of hydrogen-bond acceptors (Lipinski definition) is 5. The van der Waals surface area contributed by atoms with E-state index in [0.29, 0.717) is 12.8 Å². The molecule has 1 N–H and O–H groups in total. The Morgan fingerprint density at radius 3 is 0.943 bits per heavy atom. The van der Waals surface area contributed by atoms with Gasteiger partial charge in [0.05, 0.1) is 6.61 Å². The summed E-state index contributed by atoms with van der Waals surface area (Å²) >= 11 is 0. The van der Waals surface area contributed by atoms with Crippen molar-refractivity contribution in [3.8, 4) is 0 Å². The van der Waals surface area contributed by atoms with E-state index in [-0.39, 0.29) is 25.2 Å². The van der Waals surface area contributed by atoms with Crippen LogP contribution in [0.15, 0.2) is 134 Å². The Bertz CT molecular complexity index is 1470.